The second-order valence-corrected chi connectivity index (χ2v) is 5.81. The Morgan fingerprint density at radius 1 is 1.45 bits per heavy atom. The van der Waals surface area contributed by atoms with Crippen LogP contribution in [0, 0.1) is 0 Å². The minimum absolute atomic E-state index is 0.140. The van der Waals surface area contributed by atoms with Crippen LogP contribution in [0.3, 0.4) is 0 Å². The zero-order valence-electron chi connectivity index (χ0n) is 12.3. The van der Waals surface area contributed by atoms with E-state index in [1.807, 2.05) is 38.1 Å². The van der Waals surface area contributed by atoms with Crippen molar-refractivity contribution in [1.82, 2.24) is 5.32 Å². The minimum Gasteiger partial charge on any atom is -0.481 e. The lowest BCUT2D eigenvalue weighted by Gasteiger charge is -2.32. The van der Waals surface area contributed by atoms with Gasteiger partial charge in [-0.05, 0) is 38.0 Å². The van der Waals surface area contributed by atoms with Crippen LogP contribution in [0.4, 0.5) is 0 Å². The van der Waals surface area contributed by atoms with Crippen molar-refractivity contribution in [2.45, 2.75) is 45.3 Å². The topological polar surface area (TPSA) is 64.3 Å². The largest absolute Gasteiger partial charge is 0.481 e. The Labute approximate surface area is 129 Å². The molecule has 1 aromatic carbocycles. The van der Waals surface area contributed by atoms with Gasteiger partial charge in [-0.25, -0.2) is 0 Å². The number of hydrogen-bond acceptors (Lipinski definition) is 3. The summed E-state index contributed by atoms with van der Waals surface area (Å²) in [6.45, 7) is 6.21. The maximum Gasteiger partial charge on any atom is 0.261 e. The fourth-order valence-electron chi connectivity index (χ4n) is 1.93. The van der Waals surface area contributed by atoms with E-state index in [9.17, 15) is 4.79 Å². The van der Waals surface area contributed by atoms with Gasteiger partial charge >= 0.3 is 0 Å². The molecule has 0 saturated heterocycles. The molecule has 1 unspecified atom stereocenters. The lowest BCUT2D eigenvalue weighted by Crippen LogP contribution is -2.55. The van der Waals surface area contributed by atoms with Gasteiger partial charge in [-0.3, -0.25) is 4.79 Å². The molecule has 3 N–H and O–H groups in total. The fourth-order valence-corrected chi connectivity index (χ4v) is 2.31. The van der Waals surface area contributed by atoms with Gasteiger partial charge in [0.2, 0.25) is 0 Å². The Kier molecular flexibility index (Phi) is 6.49. The molecule has 0 saturated carbocycles. The van der Waals surface area contributed by atoms with Crippen LogP contribution in [0.25, 0.3) is 0 Å². The maximum atomic E-state index is 12.2. The summed E-state index contributed by atoms with van der Waals surface area (Å²) in [5.74, 6) is 0.521. The number of carbonyl (C=O) groups is 1. The van der Waals surface area contributed by atoms with E-state index in [2.05, 4.69) is 21.2 Å². The predicted molar refractivity (Wildman–Crippen MR) is 84.7 cm³/mol. The quantitative estimate of drug-likeness (QED) is 0.800. The molecule has 5 heteroatoms. The molecule has 20 heavy (non-hydrogen) atoms. The lowest BCUT2D eigenvalue weighted by molar-refractivity contribution is -0.129. The van der Waals surface area contributed by atoms with E-state index in [-0.39, 0.29) is 11.4 Å². The molecular weight excluding hydrogens is 320 g/mol. The maximum absolute atomic E-state index is 12.2. The monoisotopic (exact) mass is 342 g/mol. The van der Waals surface area contributed by atoms with Crippen LogP contribution in [-0.4, -0.2) is 24.1 Å². The third-order valence-electron chi connectivity index (χ3n) is 3.61. The summed E-state index contributed by atoms with van der Waals surface area (Å²) in [4.78, 5) is 12.2. The average Bonchev–Trinajstić information content (AvgIpc) is 2.44. The Bertz CT molecular complexity index is 439. The Hall–Kier alpha value is -1.07. The second-order valence-electron chi connectivity index (χ2n) is 4.90. The number of halogens is 1. The van der Waals surface area contributed by atoms with Crippen LogP contribution in [0.1, 0.15) is 33.6 Å². The van der Waals surface area contributed by atoms with Gasteiger partial charge in [0, 0.05) is 11.0 Å². The van der Waals surface area contributed by atoms with Crippen molar-refractivity contribution in [3.63, 3.8) is 0 Å². The van der Waals surface area contributed by atoms with E-state index in [0.29, 0.717) is 12.3 Å². The number of rotatable bonds is 7. The highest BCUT2D eigenvalue weighted by Crippen LogP contribution is 2.19. The summed E-state index contributed by atoms with van der Waals surface area (Å²) in [7, 11) is 0. The zero-order chi connectivity index (χ0) is 15.2. The Morgan fingerprint density at radius 3 is 2.60 bits per heavy atom. The van der Waals surface area contributed by atoms with Crippen LogP contribution in [0.15, 0.2) is 28.7 Å². The lowest BCUT2D eigenvalue weighted by atomic mass is 9.92. The van der Waals surface area contributed by atoms with E-state index >= 15 is 0 Å². The summed E-state index contributed by atoms with van der Waals surface area (Å²) in [5.41, 5.74) is 5.45. The molecular formula is C15H23BrN2O2. The van der Waals surface area contributed by atoms with Gasteiger partial charge in [0.25, 0.3) is 5.91 Å². The van der Waals surface area contributed by atoms with E-state index in [1.54, 1.807) is 6.92 Å². The van der Waals surface area contributed by atoms with Gasteiger partial charge in [0.15, 0.2) is 6.10 Å². The van der Waals surface area contributed by atoms with E-state index in [1.165, 1.54) is 0 Å². The molecule has 1 aromatic rings. The van der Waals surface area contributed by atoms with Crippen molar-refractivity contribution in [3.05, 3.63) is 28.7 Å². The van der Waals surface area contributed by atoms with E-state index in [0.717, 1.165) is 17.3 Å². The molecule has 0 spiro atoms. The summed E-state index contributed by atoms with van der Waals surface area (Å²) < 4.78 is 6.57. The number of hydrogen-bond donors (Lipinski definition) is 2. The molecule has 0 aliphatic heterocycles. The number of ether oxygens (including phenoxy) is 1. The van der Waals surface area contributed by atoms with Crippen molar-refractivity contribution in [2.24, 2.45) is 5.73 Å². The minimum atomic E-state index is -0.562. The normalized spacial score (nSPS) is 12.8. The third-order valence-corrected chi connectivity index (χ3v) is 4.10. The summed E-state index contributed by atoms with van der Waals surface area (Å²) in [6, 6.07) is 7.43. The zero-order valence-corrected chi connectivity index (χ0v) is 13.9. The highest BCUT2D eigenvalue weighted by atomic mass is 79.9. The van der Waals surface area contributed by atoms with Gasteiger partial charge in [-0.2, -0.15) is 0 Å². The molecule has 0 radical (unpaired) electrons. The number of nitrogens with one attached hydrogen (secondary N) is 1. The number of amides is 1. The first-order valence-corrected chi connectivity index (χ1v) is 7.70. The van der Waals surface area contributed by atoms with Crippen molar-refractivity contribution in [1.29, 1.82) is 0 Å². The van der Waals surface area contributed by atoms with Gasteiger partial charge in [-0.15, -0.1) is 0 Å². The molecule has 0 aliphatic carbocycles. The van der Waals surface area contributed by atoms with Crippen LogP contribution >= 0.6 is 15.9 Å². The van der Waals surface area contributed by atoms with Gasteiger partial charge in [0.05, 0.1) is 5.54 Å². The van der Waals surface area contributed by atoms with E-state index < -0.39 is 6.10 Å². The second kappa shape index (κ2) is 7.64. The molecule has 4 nitrogen and oxygen atoms in total. The van der Waals surface area contributed by atoms with Crippen molar-refractivity contribution in [2.75, 3.05) is 6.54 Å². The SMILES string of the molecule is CCC(CC)(CN)NC(=O)C(C)Oc1cccc(Br)c1. The molecule has 0 aliphatic rings. The number of carbonyl (C=O) groups excluding carboxylic acids is 1. The predicted octanol–water partition coefficient (Wildman–Crippen LogP) is 2.85. The standard InChI is InChI=1S/C15H23BrN2O2/c1-4-15(5-2,10-17)18-14(19)11(3)20-13-8-6-7-12(16)9-13/h6-9,11H,4-5,10,17H2,1-3H3,(H,18,19). The molecule has 0 fully saturated rings. The average molecular weight is 343 g/mol. The first-order chi connectivity index (χ1) is 9.46. The summed E-state index contributed by atoms with van der Waals surface area (Å²) in [5, 5.41) is 3.01. The molecule has 0 heterocycles. The molecule has 112 valence electrons. The van der Waals surface area contributed by atoms with Gasteiger partial charge in [0.1, 0.15) is 5.75 Å². The first kappa shape index (κ1) is 17.0. The van der Waals surface area contributed by atoms with Gasteiger partial charge < -0.3 is 15.8 Å². The van der Waals surface area contributed by atoms with Crippen LogP contribution in [-0.2, 0) is 4.79 Å². The van der Waals surface area contributed by atoms with E-state index in [4.69, 9.17) is 10.5 Å². The highest BCUT2D eigenvalue weighted by Gasteiger charge is 2.28. The third kappa shape index (κ3) is 4.49. The van der Waals surface area contributed by atoms with Crippen LogP contribution < -0.4 is 15.8 Å². The summed E-state index contributed by atoms with van der Waals surface area (Å²) in [6.07, 6.45) is 1.04. The Morgan fingerprint density at radius 2 is 2.10 bits per heavy atom. The van der Waals surface area contributed by atoms with Crippen LogP contribution in [0.5, 0.6) is 5.75 Å². The molecule has 1 amide bonds. The highest BCUT2D eigenvalue weighted by molar-refractivity contribution is 9.10. The van der Waals surface area contributed by atoms with Crippen molar-refractivity contribution < 1.29 is 9.53 Å². The van der Waals surface area contributed by atoms with Crippen molar-refractivity contribution in [3.8, 4) is 5.75 Å². The fraction of sp³-hybridized carbons (Fsp3) is 0.533. The van der Waals surface area contributed by atoms with Crippen LogP contribution in [0.2, 0.25) is 0 Å². The first-order valence-electron chi connectivity index (χ1n) is 6.90. The van der Waals surface area contributed by atoms with Crippen molar-refractivity contribution >= 4 is 21.8 Å². The van der Waals surface area contributed by atoms with Gasteiger partial charge in [-0.1, -0.05) is 35.8 Å². The molecule has 0 bridgehead atoms. The molecule has 0 aromatic heterocycles. The number of benzene rings is 1. The smallest absolute Gasteiger partial charge is 0.261 e. The molecule has 1 rings (SSSR count). The number of nitrogens with two attached hydrogens (primary N) is 1. The summed E-state index contributed by atoms with van der Waals surface area (Å²) >= 11 is 3.37. The Balaban J connectivity index is 2.67. The molecule has 1 atom stereocenters.